The van der Waals surface area contributed by atoms with E-state index in [0.29, 0.717) is 29.9 Å². The zero-order valence-electron chi connectivity index (χ0n) is 23.8. The Morgan fingerprint density at radius 3 is 2.62 bits per heavy atom. The number of methoxy groups -OCH3 is 1. The third kappa shape index (κ3) is 5.13. The molecule has 1 aromatic heterocycles. The second-order valence-electron chi connectivity index (χ2n) is 11.3. The van der Waals surface area contributed by atoms with Gasteiger partial charge in [-0.1, -0.05) is 36.4 Å². The van der Waals surface area contributed by atoms with Gasteiger partial charge in [0.2, 0.25) is 5.91 Å². The fraction of sp³-hybridized carbons (Fsp3) is 0.419. The topological polar surface area (TPSA) is 98.8 Å². The molecule has 1 saturated heterocycles. The Bertz CT molecular complexity index is 1420. The van der Waals surface area contributed by atoms with Crippen molar-refractivity contribution in [2.75, 3.05) is 38.7 Å². The first-order chi connectivity index (χ1) is 19.1. The number of anilines is 1. The monoisotopic (exact) mass is 543 g/mol. The minimum atomic E-state index is -0.659. The van der Waals surface area contributed by atoms with E-state index in [1.807, 2.05) is 76.3 Å². The quantitative estimate of drug-likeness (QED) is 0.419. The number of imide groups is 1. The number of rotatable bonds is 8. The van der Waals surface area contributed by atoms with Gasteiger partial charge in [-0.2, -0.15) is 5.10 Å². The van der Waals surface area contributed by atoms with E-state index < -0.39 is 5.60 Å². The summed E-state index contributed by atoms with van der Waals surface area (Å²) in [5.74, 6) is -0.802. The van der Waals surface area contributed by atoms with E-state index in [1.54, 1.807) is 18.1 Å². The van der Waals surface area contributed by atoms with E-state index in [0.717, 1.165) is 29.8 Å². The van der Waals surface area contributed by atoms with Crippen LogP contribution in [0.1, 0.15) is 66.1 Å². The van der Waals surface area contributed by atoms with Crippen molar-refractivity contribution in [3.05, 3.63) is 71.4 Å². The molecule has 0 unspecified atom stereocenters. The number of aromatic amines is 1. The van der Waals surface area contributed by atoms with Crippen molar-refractivity contribution in [3.8, 4) is 11.3 Å². The molecule has 40 heavy (non-hydrogen) atoms. The first kappa shape index (κ1) is 27.6. The number of amides is 3. The molecule has 210 valence electrons. The molecule has 0 aliphatic carbocycles. The molecule has 2 aliphatic heterocycles. The molecule has 2 atom stereocenters. The number of nitrogens with zero attached hydrogens (tertiary/aromatic N) is 4. The Kier molecular flexibility index (Phi) is 7.51. The van der Waals surface area contributed by atoms with E-state index in [9.17, 15) is 14.4 Å². The summed E-state index contributed by atoms with van der Waals surface area (Å²) in [6, 6.07) is 17.1. The molecule has 0 bridgehead atoms. The van der Waals surface area contributed by atoms with Gasteiger partial charge in [-0.15, -0.1) is 0 Å². The Morgan fingerprint density at radius 1 is 1.15 bits per heavy atom. The average molecular weight is 544 g/mol. The fourth-order valence-electron chi connectivity index (χ4n) is 5.56. The van der Waals surface area contributed by atoms with Crippen molar-refractivity contribution in [1.29, 1.82) is 0 Å². The van der Waals surface area contributed by atoms with E-state index in [1.165, 1.54) is 4.90 Å². The third-order valence-electron chi connectivity index (χ3n) is 8.23. The number of hydrogen-bond acceptors (Lipinski definition) is 6. The summed E-state index contributed by atoms with van der Waals surface area (Å²) in [7, 11) is 3.40. The molecule has 3 amide bonds. The van der Waals surface area contributed by atoms with Crippen LogP contribution in [0.15, 0.2) is 54.6 Å². The predicted octanol–water partition coefficient (Wildman–Crippen LogP) is 4.53. The largest absolute Gasteiger partial charge is 0.377 e. The van der Waals surface area contributed by atoms with Gasteiger partial charge in [-0.05, 0) is 51.8 Å². The molecule has 2 aromatic carbocycles. The zero-order chi connectivity index (χ0) is 28.6. The number of carbonyl (C=O) groups excluding carboxylic acids is 3. The van der Waals surface area contributed by atoms with Gasteiger partial charge in [-0.3, -0.25) is 24.4 Å². The maximum atomic E-state index is 13.7. The van der Waals surface area contributed by atoms with Gasteiger partial charge in [0.1, 0.15) is 0 Å². The van der Waals surface area contributed by atoms with Crippen molar-refractivity contribution in [2.24, 2.45) is 5.92 Å². The van der Waals surface area contributed by atoms with Crippen LogP contribution < -0.4 is 4.90 Å². The molecule has 0 radical (unpaired) electrons. The number of ether oxygens (including phenoxy) is 1. The summed E-state index contributed by atoms with van der Waals surface area (Å²) in [5, 5.41) is 7.55. The number of benzene rings is 2. The van der Waals surface area contributed by atoms with Gasteiger partial charge >= 0.3 is 0 Å². The molecule has 2 aliphatic rings. The van der Waals surface area contributed by atoms with Gasteiger partial charge in [0.05, 0.1) is 52.3 Å². The maximum absolute atomic E-state index is 13.7. The van der Waals surface area contributed by atoms with E-state index in [2.05, 4.69) is 15.1 Å². The van der Waals surface area contributed by atoms with Gasteiger partial charge in [0.15, 0.2) is 0 Å². The van der Waals surface area contributed by atoms with Crippen LogP contribution in [0.4, 0.5) is 5.69 Å². The lowest BCUT2D eigenvalue weighted by molar-refractivity contribution is -0.136. The molecule has 3 heterocycles. The van der Waals surface area contributed by atoms with Crippen molar-refractivity contribution >= 4 is 23.4 Å². The molecular weight excluding hydrogens is 506 g/mol. The predicted molar refractivity (Wildman–Crippen MR) is 153 cm³/mol. The Hall–Kier alpha value is -3.98. The lowest BCUT2D eigenvalue weighted by atomic mass is 9.94. The highest BCUT2D eigenvalue weighted by atomic mass is 16.5. The smallest absolute Gasteiger partial charge is 0.263 e. The summed E-state index contributed by atoms with van der Waals surface area (Å²) >= 11 is 0. The third-order valence-corrected chi connectivity index (χ3v) is 8.23. The van der Waals surface area contributed by atoms with Crippen LogP contribution >= 0.6 is 0 Å². The number of aromatic nitrogens is 2. The van der Waals surface area contributed by atoms with Gasteiger partial charge < -0.3 is 14.5 Å². The lowest BCUT2D eigenvalue weighted by Crippen LogP contribution is -2.45. The normalized spacial score (nSPS) is 18.2. The van der Waals surface area contributed by atoms with Crippen molar-refractivity contribution in [3.63, 3.8) is 0 Å². The minimum absolute atomic E-state index is 0.0477. The molecular formula is C31H37N5O4. The van der Waals surface area contributed by atoms with E-state index in [4.69, 9.17) is 4.74 Å². The summed E-state index contributed by atoms with van der Waals surface area (Å²) in [6.45, 7) is 7.05. The first-order valence-corrected chi connectivity index (χ1v) is 13.8. The van der Waals surface area contributed by atoms with Crippen LogP contribution in [0.2, 0.25) is 0 Å². The van der Waals surface area contributed by atoms with Crippen LogP contribution in [-0.2, 0) is 9.53 Å². The highest BCUT2D eigenvalue weighted by Gasteiger charge is 2.42. The summed E-state index contributed by atoms with van der Waals surface area (Å²) in [4.78, 5) is 45.5. The highest BCUT2D eigenvalue weighted by molar-refractivity contribution is 6.23. The SMILES string of the molecule is COC(C)(C)CN1C(=O)c2cccc(N3CCC[C@@H](C(=O)N(C)[C@H](C)c4cc(-c5ccccc5)n[nH]4)C3)c2C1=O. The van der Waals surface area contributed by atoms with Crippen LogP contribution in [0.5, 0.6) is 0 Å². The van der Waals surface area contributed by atoms with Gasteiger partial charge in [0, 0.05) is 32.8 Å². The van der Waals surface area contributed by atoms with Gasteiger partial charge in [0.25, 0.3) is 11.8 Å². The molecule has 0 saturated carbocycles. The summed E-state index contributed by atoms with van der Waals surface area (Å²) in [5.41, 5.74) is 3.60. The highest BCUT2D eigenvalue weighted by Crippen LogP contribution is 2.35. The molecule has 1 N–H and O–H groups in total. The molecule has 9 heteroatoms. The van der Waals surface area contributed by atoms with E-state index >= 15 is 0 Å². The molecule has 1 fully saturated rings. The number of carbonyl (C=O) groups is 3. The average Bonchev–Trinajstić information content (AvgIpc) is 3.56. The van der Waals surface area contributed by atoms with Gasteiger partial charge in [-0.25, -0.2) is 0 Å². The van der Waals surface area contributed by atoms with Crippen LogP contribution in [0.3, 0.4) is 0 Å². The number of hydrogen-bond donors (Lipinski definition) is 1. The van der Waals surface area contributed by atoms with Crippen molar-refractivity contribution in [2.45, 2.75) is 45.3 Å². The summed E-state index contributed by atoms with van der Waals surface area (Å²) in [6.07, 6.45) is 1.58. The number of fused-ring (bicyclic) bond motifs is 1. The maximum Gasteiger partial charge on any atom is 0.263 e. The number of nitrogens with one attached hydrogen (secondary N) is 1. The molecule has 9 nitrogen and oxygen atoms in total. The van der Waals surface area contributed by atoms with Crippen molar-refractivity contribution in [1.82, 2.24) is 20.0 Å². The van der Waals surface area contributed by atoms with Crippen LogP contribution in [0.25, 0.3) is 11.3 Å². The fourth-order valence-corrected chi connectivity index (χ4v) is 5.56. The molecule has 0 spiro atoms. The second-order valence-corrected chi connectivity index (χ2v) is 11.3. The Morgan fingerprint density at radius 2 is 1.90 bits per heavy atom. The number of piperidine rings is 1. The minimum Gasteiger partial charge on any atom is -0.377 e. The molecule has 5 rings (SSSR count). The Labute approximate surface area is 235 Å². The van der Waals surface area contributed by atoms with Crippen molar-refractivity contribution < 1.29 is 19.1 Å². The molecule has 3 aromatic rings. The first-order valence-electron chi connectivity index (χ1n) is 13.8. The summed E-state index contributed by atoms with van der Waals surface area (Å²) < 4.78 is 5.47. The van der Waals surface area contributed by atoms with E-state index in [-0.39, 0.29) is 36.2 Å². The van der Waals surface area contributed by atoms with Crippen LogP contribution in [0, 0.1) is 5.92 Å². The number of H-pyrrole nitrogens is 1. The zero-order valence-corrected chi connectivity index (χ0v) is 23.8. The lowest BCUT2D eigenvalue weighted by Gasteiger charge is -2.37. The standard InChI is InChI=1S/C31H37N5O4/c1-20(24-17-25(33-32-24)21-11-7-6-8-12-21)34(4)28(37)22-13-10-16-35(18-22)26-15-9-14-23-27(26)30(39)36(29(23)38)19-31(2,3)40-5/h6-9,11-12,14-15,17,20,22H,10,13,16,18-19H2,1-5H3,(H,32,33)/t20-,22-/m1/s1. The Balaban J connectivity index is 1.32. The second kappa shape index (κ2) is 10.9. The van der Waals surface area contributed by atoms with Crippen LogP contribution in [-0.4, -0.2) is 77.1 Å².